The lowest BCUT2D eigenvalue weighted by Crippen LogP contribution is -2.45. The Morgan fingerprint density at radius 1 is 0.882 bits per heavy atom. The molecule has 0 N–H and O–H groups in total. The Bertz CT molecular complexity index is 1380. The number of carbonyl (C=O) groups is 2. The molecule has 2 aromatic carbocycles. The van der Waals surface area contributed by atoms with Crippen LogP contribution in [0.2, 0.25) is 0 Å². The Hall–Kier alpha value is -3.91. The molecule has 4 rings (SSSR count). The van der Waals surface area contributed by atoms with Crippen molar-refractivity contribution in [2.45, 2.75) is 6.92 Å². The number of hydrogen-bond donors (Lipinski definition) is 0. The first-order chi connectivity index (χ1) is 16.3. The molecule has 2 heterocycles. The lowest BCUT2D eigenvalue weighted by atomic mass is 10.1. The molecule has 0 atom stereocenters. The number of rotatable bonds is 5. The van der Waals surface area contributed by atoms with Crippen molar-refractivity contribution in [3.8, 4) is 22.8 Å². The normalized spacial score (nSPS) is 10.7. The first-order valence-electron chi connectivity index (χ1n) is 10.6. The van der Waals surface area contributed by atoms with Gasteiger partial charge in [-0.25, -0.2) is 9.99 Å². The van der Waals surface area contributed by atoms with Crippen LogP contribution in [0.1, 0.15) is 26.4 Å². The second-order valence-electron chi connectivity index (χ2n) is 7.74. The zero-order valence-electron chi connectivity index (χ0n) is 19.7. The number of aromatic nitrogens is 1. The van der Waals surface area contributed by atoms with Gasteiger partial charge in [0.05, 0.1) is 19.9 Å². The highest BCUT2D eigenvalue weighted by molar-refractivity contribution is 7.18. The molecule has 0 saturated carbocycles. The number of hydrazine groups is 1. The van der Waals surface area contributed by atoms with Crippen molar-refractivity contribution >= 4 is 33.2 Å². The van der Waals surface area contributed by atoms with Crippen molar-refractivity contribution in [2.24, 2.45) is 0 Å². The molecular formula is C26H25N3O4S. The molecular weight excluding hydrogens is 450 g/mol. The molecule has 0 aliphatic heterocycles. The summed E-state index contributed by atoms with van der Waals surface area (Å²) in [4.78, 5) is 30.9. The number of ether oxygens (including phenoxy) is 2. The number of methoxy groups -OCH3 is 2. The quantitative estimate of drug-likeness (QED) is 0.378. The summed E-state index contributed by atoms with van der Waals surface area (Å²) in [6, 6.07) is 16.4. The zero-order valence-corrected chi connectivity index (χ0v) is 20.5. The summed E-state index contributed by atoms with van der Waals surface area (Å²) in [6.07, 6.45) is 0. The number of benzene rings is 2. The Kier molecular flexibility index (Phi) is 6.51. The molecule has 0 bridgehead atoms. The highest BCUT2D eigenvalue weighted by atomic mass is 32.1. The summed E-state index contributed by atoms with van der Waals surface area (Å²) in [5, 5.41) is 5.67. The Labute approximate surface area is 202 Å². The van der Waals surface area contributed by atoms with Gasteiger partial charge in [0.25, 0.3) is 11.8 Å². The zero-order chi connectivity index (χ0) is 24.4. The van der Waals surface area contributed by atoms with E-state index in [1.807, 2.05) is 12.1 Å². The summed E-state index contributed by atoms with van der Waals surface area (Å²) in [7, 11) is 6.11. The number of amides is 2. The highest BCUT2D eigenvalue weighted by Gasteiger charge is 2.24. The number of fused-ring (bicyclic) bond motifs is 1. The van der Waals surface area contributed by atoms with E-state index in [0.29, 0.717) is 22.8 Å². The fourth-order valence-corrected chi connectivity index (χ4v) is 4.74. The number of pyridine rings is 1. The molecule has 0 saturated heterocycles. The highest BCUT2D eigenvalue weighted by Crippen LogP contribution is 2.35. The lowest BCUT2D eigenvalue weighted by molar-refractivity contribution is 0.0182. The van der Waals surface area contributed by atoms with Gasteiger partial charge < -0.3 is 9.47 Å². The lowest BCUT2D eigenvalue weighted by Gasteiger charge is -2.28. The largest absolute Gasteiger partial charge is 0.493 e. The van der Waals surface area contributed by atoms with Gasteiger partial charge in [0.1, 0.15) is 5.69 Å². The Morgan fingerprint density at radius 2 is 1.59 bits per heavy atom. The monoisotopic (exact) mass is 475 g/mol. The van der Waals surface area contributed by atoms with E-state index < -0.39 is 5.91 Å². The third-order valence-electron chi connectivity index (χ3n) is 5.71. The topological polar surface area (TPSA) is 72.0 Å². The minimum absolute atomic E-state index is 0.249. The van der Waals surface area contributed by atoms with Crippen molar-refractivity contribution in [2.75, 3.05) is 28.3 Å². The summed E-state index contributed by atoms with van der Waals surface area (Å²) in [5.74, 6) is 0.188. The summed E-state index contributed by atoms with van der Waals surface area (Å²) < 4.78 is 11.7. The predicted octanol–water partition coefficient (Wildman–Crippen LogP) is 5.05. The van der Waals surface area contributed by atoms with E-state index in [0.717, 1.165) is 10.9 Å². The molecule has 0 aliphatic carbocycles. The van der Waals surface area contributed by atoms with E-state index in [4.69, 9.17) is 9.47 Å². The maximum atomic E-state index is 13.2. The average molecular weight is 476 g/mol. The minimum atomic E-state index is -0.395. The maximum Gasteiger partial charge on any atom is 0.290 e. The molecule has 0 spiro atoms. The van der Waals surface area contributed by atoms with Crippen LogP contribution < -0.4 is 9.47 Å². The number of carbonyl (C=O) groups excluding carboxylic acids is 2. The van der Waals surface area contributed by atoms with Crippen molar-refractivity contribution in [1.82, 2.24) is 15.0 Å². The number of nitrogens with zero attached hydrogens (tertiary/aromatic N) is 3. The van der Waals surface area contributed by atoms with Crippen LogP contribution in [0.4, 0.5) is 0 Å². The fourth-order valence-electron chi connectivity index (χ4n) is 3.70. The van der Waals surface area contributed by atoms with Crippen LogP contribution >= 0.6 is 11.3 Å². The average Bonchev–Trinajstić information content (AvgIpc) is 3.32. The van der Waals surface area contributed by atoms with Gasteiger partial charge in [0, 0.05) is 40.7 Å². The van der Waals surface area contributed by atoms with Gasteiger partial charge in [-0.1, -0.05) is 24.3 Å². The third kappa shape index (κ3) is 4.20. The van der Waals surface area contributed by atoms with Crippen molar-refractivity contribution in [1.29, 1.82) is 0 Å². The van der Waals surface area contributed by atoms with Crippen LogP contribution in [-0.4, -0.2) is 55.1 Å². The van der Waals surface area contributed by atoms with E-state index in [-0.39, 0.29) is 11.6 Å². The standard InChI is InChI=1S/C26H25N3O4S/c1-16-8-6-9-18-19(15-34-24(16)18)20-10-7-11-21(27-20)26(31)29(3)28(2)25(30)17-12-13-22(32-4)23(14-17)33-5/h6-15H,1-5H3. The second kappa shape index (κ2) is 9.52. The van der Waals surface area contributed by atoms with Crippen LogP contribution in [0, 0.1) is 6.92 Å². The molecule has 4 aromatic rings. The number of aryl methyl sites for hydroxylation is 1. The van der Waals surface area contributed by atoms with Crippen LogP contribution in [0.5, 0.6) is 11.5 Å². The van der Waals surface area contributed by atoms with Crippen molar-refractivity contribution in [3.05, 3.63) is 76.8 Å². The van der Waals surface area contributed by atoms with E-state index in [1.54, 1.807) is 48.7 Å². The molecule has 7 nitrogen and oxygen atoms in total. The maximum absolute atomic E-state index is 13.2. The van der Waals surface area contributed by atoms with E-state index in [9.17, 15) is 9.59 Å². The Balaban J connectivity index is 1.59. The molecule has 174 valence electrons. The number of thiophene rings is 1. The van der Waals surface area contributed by atoms with E-state index in [1.165, 1.54) is 41.5 Å². The summed E-state index contributed by atoms with van der Waals surface area (Å²) >= 11 is 1.66. The number of hydrogen-bond acceptors (Lipinski definition) is 6. The van der Waals surface area contributed by atoms with Crippen LogP contribution in [0.25, 0.3) is 21.3 Å². The van der Waals surface area contributed by atoms with Gasteiger partial charge in [-0.2, -0.15) is 0 Å². The van der Waals surface area contributed by atoms with Gasteiger partial charge in [0.15, 0.2) is 11.5 Å². The van der Waals surface area contributed by atoms with Gasteiger partial charge in [-0.15, -0.1) is 11.3 Å². The smallest absolute Gasteiger partial charge is 0.290 e. The SMILES string of the molecule is COc1ccc(C(=O)N(C)N(C)C(=O)c2cccc(-c3csc4c(C)cccc34)n2)cc1OC. The molecule has 0 aliphatic rings. The third-order valence-corrected chi connectivity index (χ3v) is 6.84. The molecule has 8 heteroatoms. The van der Waals surface area contributed by atoms with Gasteiger partial charge in [0.2, 0.25) is 0 Å². The van der Waals surface area contributed by atoms with Gasteiger partial charge in [-0.05, 0) is 42.8 Å². The van der Waals surface area contributed by atoms with E-state index >= 15 is 0 Å². The van der Waals surface area contributed by atoms with Crippen LogP contribution in [0.15, 0.2) is 60.0 Å². The fraction of sp³-hybridized carbons (Fsp3) is 0.192. The molecule has 2 amide bonds. The van der Waals surface area contributed by atoms with Crippen molar-refractivity contribution in [3.63, 3.8) is 0 Å². The van der Waals surface area contributed by atoms with Crippen LogP contribution in [0.3, 0.4) is 0 Å². The molecule has 0 unspecified atom stereocenters. The summed E-state index contributed by atoms with van der Waals surface area (Å²) in [5.41, 5.74) is 3.51. The molecule has 0 fully saturated rings. The minimum Gasteiger partial charge on any atom is -0.493 e. The molecule has 2 aromatic heterocycles. The second-order valence-corrected chi connectivity index (χ2v) is 8.62. The van der Waals surface area contributed by atoms with Gasteiger partial charge in [-0.3, -0.25) is 14.6 Å². The van der Waals surface area contributed by atoms with Gasteiger partial charge >= 0.3 is 0 Å². The molecule has 0 radical (unpaired) electrons. The van der Waals surface area contributed by atoms with Crippen LogP contribution in [-0.2, 0) is 0 Å². The molecule has 34 heavy (non-hydrogen) atoms. The summed E-state index contributed by atoms with van der Waals surface area (Å²) in [6.45, 7) is 2.08. The predicted molar refractivity (Wildman–Crippen MR) is 134 cm³/mol. The van der Waals surface area contributed by atoms with Crippen molar-refractivity contribution < 1.29 is 19.1 Å². The first kappa shape index (κ1) is 23.3. The first-order valence-corrected chi connectivity index (χ1v) is 11.5. The Morgan fingerprint density at radius 3 is 2.32 bits per heavy atom. The van der Waals surface area contributed by atoms with E-state index in [2.05, 4.69) is 29.4 Å².